The molecule has 0 spiro atoms. The average molecular weight is 220 g/mol. The summed E-state index contributed by atoms with van der Waals surface area (Å²) in [6.07, 6.45) is 0.726. The molecule has 0 aromatic rings. The van der Waals surface area contributed by atoms with Crippen molar-refractivity contribution < 1.29 is 13.6 Å². The van der Waals surface area contributed by atoms with Gasteiger partial charge in [0.15, 0.2) is 0 Å². The molecule has 0 aromatic heterocycles. The lowest BCUT2D eigenvalue weighted by molar-refractivity contribution is -0.136. The molecule has 2 N–H and O–H groups in total. The number of hydrogen-bond donors (Lipinski definition) is 1. The van der Waals surface area contributed by atoms with E-state index in [1.807, 2.05) is 0 Å². The zero-order valence-electron chi connectivity index (χ0n) is 9.17. The van der Waals surface area contributed by atoms with E-state index < -0.39 is 17.9 Å². The van der Waals surface area contributed by atoms with E-state index in [4.69, 9.17) is 5.73 Å². The molecule has 5 heteroatoms. The Morgan fingerprint density at radius 2 is 1.93 bits per heavy atom. The van der Waals surface area contributed by atoms with Crippen molar-refractivity contribution >= 4 is 5.91 Å². The Hall–Kier alpha value is -0.710. The highest BCUT2D eigenvalue weighted by Crippen LogP contribution is 2.32. The predicted molar refractivity (Wildman–Crippen MR) is 53.6 cm³/mol. The lowest BCUT2D eigenvalue weighted by Crippen LogP contribution is -2.47. The number of hydrogen-bond acceptors (Lipinski definition) is 2. The number of rotatable bonds is 2. The van der Waals surface area contributed by atoms with Crippen LogP contribution in [-0.2, 0) is 4.79 Å². The SMILES string of the molecule is CC(N)C(=O)N1CCC(C(C)(F)F)CC1. The lowest BCUT2D eigenvalue weighted by atomic mass is 9.91. The van der Waals surface area contributed by atoms with Gasteiger partial charge in [-0.15, -0.1) is 0 Å². The van der Waals surface area contributed by atoms with Crippen molar-refractivity contribution in [1.82, 2.24) is 4.90 Å². The normalized spacial score (nSPS) is 21.5. The number of carbonyl (C=O) groups excluding carboxylic acids is 1. The average Bonchev–Trinajstić information content (AvgIpc) is 2.15. The predicted octanol–water partition coefficient (Wildman–Crippen LogP) is 1.23. The monoisotopic (exact) mass is 220 g/mol. The molecule has 0 aromatic carbocycles. The van der Waals surface area contributed by atoms with Gasteiger partial charge in [-0.25, -0.2) is 8.78 Å². The number of nitrogens with two attached hydrogens (primary N) is 1. The van der Waals surface area contributed by atoms with E-state index in [-0.39, 0.29) is 5.91 Å². The number of alkyl halides is 2. The van der Waals surface area contributed by atoms with Crippen LogP contribution in [0.2, 0.25) is 0 Å². The van der Waals surface area contributed by atoms with E-state index in [0.29, 0.717) is 25.9 Å². The molecule has 88 valence electrons. The van der Waals surface area contributed by atoms with Crippen LogP contribution in [0.15, 0.2) is 0 Å². The topological polar surface area (TPSA) is 46.3 Å². The highest BCUT2D eigenvalue weighted by Gasteiger charge is 2.37. The van der Waals surface area contributed by atoms with Crippen molar-refractivity contribution in [3.8, 4) is 0 Å². The number of piperidine rings is 1. The summed E-state index contributed by atoms with van der Waals surface area (Å²) in [5, 5.41) is 0. The number of nitrogens with zero attached hydrogens (tertiary/aromatic N) is 1. The molecule has 0 radical (unpaired) electrons. The molecule has 1 rings (SSSR count). The molecule has 15 heavy (non-hydrogen) atoms. The van der Waals surface area contributed by atoms with Crippen LogP contribution in [0.4, 0.5) is 8.78 Å². The van der Waals surface area contributed by atoms with Crippen LogP contribution in [0, 0.1) is 5.92 Å². The smallest absolute Gasteiger partial charge is 0.248 e. The molecule has 1 fully saturated rings. The molecule has 3 nitrogen and oxygen atoms in total. The summed E-state index contributed by atoms with van der Waals surface area (Å²) in [7, 11) is 0. The van der Waals surface area contributed by atoms with Gasteiger partial charge in [0.1, 0.15) is 0 Å². The summed E-state index contributed by atoms with van der Waals surface area (Å²) in [6.45, 7) is 3.35. The van der Waals surface area contributed by atoms with Gasteiger partial charge in [-0.3, -0.25) is 4.79 Å². The summed E-state index contributed by atoms with van der Waals surface area (Å²) in [5.74, 6) is -3.38. The number of likely N-dealkylation sites (tertiary alicyclic amines) is 1. The van der Waals surface area contributed by atoms with Crippen LogP contribution < -0.4 is 5.73 Å². The first kappa shape index (κ1) is 12.4. The van der Waals surface area contributed by atoms with Gasteiger partial charge >= 0.3 is 0 Å². The van der Waals surface area contributed by atoms with Crippen molar-refractivity contribution in [2.24, 2.45) is 11.7 Å². The first-order chi connectivity index (χ1) is 6.82. The van der Waals surface area contributed by atoms with Crippen LogP contribution >= 0.6 is 0 Å². The van der Waals surface area contributed by atoms with Gasteiger partial charge in [-0.2, -0.15) is 0 Å². The summed E-state index contributed by atoms with van der Waals surface area (Å²) in [6, 6.07) is -0.538. The van der Waals surface area contributed by atoms with Crippen molar-refractivity contribution in [3.05, 3.63) is 0 Å². The Kier molecular flexibility index (Phi) is 3.65. The summed E-state index contributed by atoms with van der Waals surface area (Å²) in [4.78, 5) is 13.0. The van der Waals surface area contributed by atoms with Crippen molar-refractivity contribution in [2.45, 2.75) is 38.7 Å². The molecule has 1 amide bonds. The zero-order valence-corrected chi connectivity index (χ0v) is 9.17. The summed E-state index contributed by atoms with van der Waals surface area (Å²) in [5.41, 5.74) is 5.45. The van der Waals surface area contributed by atoms with Gasteiger partial charge < -0.3 is 10.6 Å². The van der Waals surface area contributed by atoms with Gasteiger partial charge in [0.25, 0.3) is 0 Å². The third kappa shape index (κ3) is 3.12. The zero-order chi connectivity index (χ0) is 11.6. The van der Waals surface area contributed by atoms with E-state index in [2.05, 4.69) is 0 Å². The van der Waals surface area contributed by atoms with E-state index in [9.17, 15) is 13.6 Å². The van der Waals surface area contributed by atoms with Gasteiger partial charge in [-0.1, -0.05) is 0 Å². The Labute approximate surface area is 88.6 Å². The molecule has 0 bridgehead atoms. The van der Waals surface area contributed by atoms with Gasteiger partial charge in [0, 0.05) is 19.0 Å². The van der Waals surface area contributed by atoms with Crippen LogP contribution in [0.25, 0.3) is 0 Å². The van der Waals surface area contributed by atoms with E-state index in [1.54, 1.807) is 11.8 Å². The molecule has 1 heterocycles. The van der Waals surface area contributed by atoms with Crippen molar-refractivity contribution in [2.75, 3.05) is 13.1 Å². The van der Waals surface area contributed by atoms with Gasteiger partial charge in [0.05, 0.1) is 6.04 Å². The number of halogens is 2. The maximum Gasteiger partial charge on any atom is 0.248 e. The minimum absolute atomic E-state index is 0.145. The van der Waals surface area contributed by atoms with Crippen LogP contribution in [0.1, 0.15) is 26.7 Å². The molecule has 1 atom stereocenters. The largest absolute Gasteiger partial charge is 0.341 e. The molecular formula is C10H18F2N2O. The Bertz CT molecular complexity index is 230. The Balaban J connectivity index is 2.46. The highest BCUT2D eigenvalue weighted by atomic mass is 19.3. The second-order valence-electron chi connectivity index (χ2n) is 4.34. The molecule has 0 saturated carbocycles. The highest BCUT2D eigenvalue weighted by molar-refractivity contribution is 5.81. The minimum atomic E-state index is -2.64. The third-order valence-electron chi connectivity index (χ3n) is 2.91. The summed E-state index contributed by atoms with van der Waals surface area (Å²) < 4.78 is 25.9. The minimum Gasteiger partial charge on any atom is -0.341 e. The molecule has 1 aliphatic heterocycles. The van der Waals surface area contributed by atoms with Crippen molar-refractivity contribution in [1.29, 1.82) is 0 Å². The molecule has 1 unspecified atom stereocenters. The molecule has 0 aliphatic carbocycles. The fraction of sp³-hybridized carbons (Fsp3) is 0.900. The molecular weight excluding hydrogens is 202 g/mol. The fourth-order valence-electron chi connectivity index (χ4n) is 1.89. The first-order valence-corrected chi connectivity index (χ1v) is 5.24. The second-order valence-corrected chi connectivity index (χ2v) is 4.34. The van der Waals surface area contributed by atoms with E-state index in [1.165, 1.54) is 0 Å². The summed E-state index contributed by atoms with van der Waals surface area (Å²) >= 11 is 0. The Morgan fingerprint density at radius 3 is 2.27 bits per heavy atom. The second kappa shape index (κ2) is 4.43. The maximum atomic E-state index is 13.0. The molecule has 1 saturated heterocycles. The van der Waals surface area contributed by atoms with Crippen LogP contribution in [0.5, 0.6) is 0 Å². The number of carbonyl (C=O) groups is 1. The van der Waals surface area contributed by atoms with Crippen LogP contribution in [-0.4, -0.2) is 35.9 Å². The van der Waals surface area contributed by atoms with Crippen LogP contribution in [0.3, 0.4) is 0 Å². The van der Waals surface area contributed by atoms with Crippen molar-refractivity contribution in [3.63, 3.8) is 0 Å². The fourth-order valence-corrected chi connectivity index (χ4v) is 1.89. The van der Waals surface area contributed by atoms with Gasteiger partial charge in [-0.05, 0) is 26.7 Å². The molecule has 1 aliphatic rings. The first-order valence-electron chi connectivity index (χ1n) is 5.24. The standard InChI is InChI=1S/C10H18F2N2O/c1-7(13)9(15)14-5-3-8(4-6-14)10(2,11)12/h7-8H,3-6,13H2,1-2H3. The number of amides is 1. The van der Waals surface area contributed by atoms with E-state index >= 15 is 0 Å². The van der Waals surface area contributed by atoms with E-state index in [0.717, 1.165) is 6.92 Å². The lowest BCUT2D eigenvalue weighted by Gasteiger charge is -2.35. The quantitative estimate of drug-likeness (QED) is 0.760. The Morgan fingerprint density at radius 1 is 1.47 bits per heavy atom. The maximum absolute atomic E-state index is 13.0. The van der Waals surface area contributed by atoms with Gasteiger partial charge in [0.2, 0.25) is 11.8 Å². The third-order valence-corrected chi connectivity index (χ3v) is 2.91.